The predicted molar refractivity (Wildman–Crippen MR) is 32.6 cm³/mol. The quantitative estimate of drug-likeness (QED) is 0.426. The minimum atomic E-state index is -0.306. The molecule has 3 nitrogen and oxygen atoms in total. The molecule has 0 aliphatic carbocycles. The van der Waals surface area contributed by atoms with E-state index < -0.39 is 0 Å². The predicted octanol–water partition coefficient (Wildman–Crippen LogP) is 1.14. The molecular weight excluding hydrogens is 120 g/mol. The summed E-state index contributed by atoms with van der Waals surface area (Å²) >= 11 is 0. The molecule has 0 rings (SSSR count). The van der Waals surface area contributed by atoms with Crippen LogP contribution in [-0.2, 0) is 14.6 Å². The maximum absolute atomic E-state index is 10.6. The molecule has 0 heterocycles. The first-order valence-corrected chi connectivity index (χ1v) is 2.96. The number of hydrogen-bond acceptors (Lipinski definition) is 3. The highest BCUT2D eigenvalue weighted by molar-refractivity contribution is 5.71. The van der Waals surface area contributed by atoms with Gasteiger partial charge in [0, 0.05) is 0 Å². The van der Waals surface area contributed by atoms with Crippen LogP contribution in [0.1, 0.15) is 20.3 Å². The third-order valence-corrected chi connectivity index (χ3v) is 1.18. The second-order valence-corrected chi connectivity index (χ2v) is 1.88. The minimum Gasteiger partial charge on any atom is -0.298 e. The SMILES string of the molecule is CCC(C)C(=O)OOC. The Bertz CT molecular complexity index is 90.3. The van der Waals surface area contributed by atoms with Crippen molar-refractivity contribution in [1.82, 2.24) is 0 Å². The Morgan fingerprint density at radius 1 is 1.67 bits per heavy atom. The maximum Gasteiger partial charge on any atom is 0.345 e. The molecule has 0 aromatic heterocycles. The number of hydrogen-bond donors (Lipinski definition) is 0. The van der Waals surface area contributed by atoms with E-state index in [0.29, 0.717) is 0 Å². The summed E-state index contributed by atoms with van der Waals surface area (Å²) in [6.45, 7) is 3.71. The van der Waals surface area contributed by atoms with Crippen LogP contribution in [0.25, 0.3) is 0 Å². The number of rotatable bonds is 3. The number of carbonyl (C=O) groups excluding carboxylic acids is 1. The van der Waals surface area contributed by atoms with Gasteiger partial charge in [-0.05, 0) is 6.42 Å². The summed E-state index contributed by atoms with van der Waals surface area (Å²) in [7, 11) is 1.32. The van der Waals surface area contributed by atoms with Gasteiger partial charge in [0.2, 0.25) is 0 Å². The minimum absolute atomic E-state index is 0.0649. The second kappa shape index (κ2) is 4.32. The molecule has 0 aromatic carbocycles. The van der Waals surface area contributed by atoms with Crippen molar-refractivity contribution in [2.45, 2.75) is 20.3 Å². The summed E-state index contributed by atoms with van der Waals surface area (Å²) < 4.78 is 0. The van der Waals surface area contributed by atoms with Gasteiger partial charge in [0.1, 0.15) is 0 Å². The molecule has 0 spiro atoms. The van der Waals surface area contributed by atoms with E-state index in [1.807, 2.05) is 6.92 Å². The monoisotopic (exact) mass is 132 g/mol. The summed E-state index contributed by atoms with van der Waals surface area (Å²) in [6, 6.07) is 0. The molecule has 0 aromatic rings. The van der Waals surface area contributed by atoms with E-state index in [1.165, 1.54) is 7.11 Å². The van der Waals surface area contributed by atoms with E-state index in [2.05, 4.69) is 9.78 Å². The van der Waals surface area contributed by atoms with Crippen molar-refractivity contribution < 1.29 is 14.6 Å². The van der Waals surface area contributed by atoms with Gasteiger partial charge in [-0.25, -0.2) is 4.79 Å². The normalized spacial score (nSPS) is 12.8. The van der Waals surface area contributed by atoms with Crippen LogP contribution in [0.15, 0.2) is 0 Å². The molecule has 9 heavy (non-hydrogen) atoms. The Kier molecular flexibility index (Phi) is 4.05. The van der Waals surface area contributed by atoms with Crippen molar-refractivity contribution in [3.8, 4) is 0 Å². The summed E-state index contributed by atoms with van der Waals surface area (Å²) in [5.41, 5.74) is 0. The van der Waals surface area contributed by atoms with E-state index in [0.717, 1.165) is 6.42 Å². The first-order valence-electron chi connectivity index (χ1n) is 2.96. The fourth-order valence-electron chi connectivity index (χ4n) is 0.331. The van der Waals surface area contributed by atoms with Crippen molar-refractivity contribution >= 4 is 5.97 Å². The maximum atomic E-state index is 10.6. The van der Waals surface area contributed by atoms with Gasteiger partial charge >= 0.3 is 5.97 Å². The largest absolute Gasteiger partial charge is 0.345 e. The molecule has 3 heteroatoms. The molecular formula is C6H12O3. The van der Waals surface area contributed by atoms with E-state index in [4.69, 9.17) is 0 Å². The van der Waals surface area contributed by atoms with Gasteiger partial charge in [0.15, 0.2) is 0 Å². The second-order valence-electron chi connectivity index (χ2n) is 1.88. The lowest BCUT2D eigenvalue weighted by Gasteiger charge is -2.03. The fraction of sp³-hybridized carbons (Fsp3) is 0.833. The van der Waals surface area contributed by atoms with Gasteiger partial charge in [-0.3, -0.25) is 4.89 Å². The summed E-state index contributed by atoms with van der Waals surface area (Å²) in [5, 5.41) is 0. The Hall–Kier alpha value is -0.570. The van der Waals surface area contributed by atoms with Crippen LogP contribution in [0.4, 0.5) is 0 Å². The first kappa shape index (κ1) is 8.43. The summed E-state index contributed by atoms with van der Waals surface area (Å²) in [6.07, 6.45) is 0.780. The van der Waals surface area contributed by atoms with Crippen LogP contribution in [0.2, 0.25) is 0 Å². The standard InChI is InChI=1S/C6H12O3/c1-4-5(2)6(7)9-8-3/h5H,4H2,1-3H3. The Balaban J connectivity index is 3.46. The average Bonchev–Trinajstić information content (AvgIpc) is 1.87. The average molecular weight is 132 g/mol. The highest BCUT2D eigenvalue weighted by Gasteiger charge is 2.11. The van der Waals surface area contributed by atoms with Crippen molar-refractivity contribution in [1.29, 1.82) is 0 Å². The van der Waals surface area contributed by atoms with Crippen molar-refractivity contribution in [3.05, 3.63) is 0 Å². The van der Waals surface area contributed by atoms with Gasteiger partial charge in [0.05, 0.1) is 13.0 Å². The molecule has 0 saturated heterocycles. The zero-order chi connectivity index (χ0) is 7.28. The topological polar surface area (TPSA) is 35.5 Å². The van der Waals surface area contributed by atoms with Crippen LogP contribution >= 0.6 is 0 Å². The molecule has 54 valence electrons. The van der Waals surface area contributed by atoms with Crippen molar-refractivity contribution in [2.75, 3.05) is 7.11 Å². The highest BCUT2D eigenvalue weighted by Crippen LogP contribution is 2.02. The highest BCUT2D eigenvalue weighted by atomic mass is 17.2. The Morgan fingerprint density at radius 3 is 2.56 bits per heavy atom. The van der Waals surface area contributed by atoms with E-state index in [1.54, 1.807) is 6.92 Å². The third-order valence-electron chi connectivity index (χ3n) is 1.18. The van der Waals surface area contributed by atoms with Gasteiger partial charge in [0.25, 0.3) is 0 Å². The van der Waals surface area contributed by atoms with Crippen LogP contribution in [0, 0.1) is 5.92 Å². The van der Waals surface area contributed by atoms with Crippen LogP contribution in [0.5, 0.6) is 0 Å². The van der Waals surface area contributed by atoms with Gasteiger partial charge in [-0.1, -0.05) is 13.8 Å². The smallest absolute Gasteiger partial charge is 0.298 e. The fourth-order valence-corrected chi connectivity index (χ4v) is 0.331. The Morgan fingerprint density at radius 2 is 2.22 bits per heavy atom. The third kappa shape index (κ3) is 3.08. The lowest BCUT2D eigenvalue weighted by Crippen LogP contribution is -2.12. The van der Waals surface area contributed by atoms with Crippen LogP contribution in [-0.4, -0.2) is 13.1 Å². The molecule has 0 bridgehead atoms. The van der Waals surface area contributed by atoms with Crippen LogP contribution in [0.3, 0.4) is 0 Å². The lowest BCUT2D eigenvalue weighted by atomic mass is 10.1. The molecule has 0 fully saturated rings. The van der Waals surface area contributed by atoms with E-state index in [-0.39, 0.29) is 11.9 Å². The van der Waals surface area contributed by atoms with E-state index in [9.17, 15) is 4.79 Å². The molecule has 1 atom stereocenters. The number of carbonyl (C=O) groups is 1. The summed E-state index contributed by atoms with van der Waals surface area (Å²) in [5.74, 6) is -0.370. The zero-order valence-corrected chi connectivity index (χ0v) is 6.01. The molecule has 0 aliphatic rings. The molecule has 0 aliphatic heterocycles. The van der Waals surface area contributed by atoms with Gasteiger partial charge in [-0.2, -0.15) is 4.89 Å². The van der Waals surface area contributed by atoms with Crippen LogP contribution < -0.4 is 0 Å². The lowest BCUT2D eigenvalue weighted by molar-refractivity contribution is -0.258. The van der Waals surface area contributed by atoms with Gasteiger partial charge in [-0.15, -0.1) is 0 Å². The summed E-state index contributed by atoms with van der Waals surface area (Å²) in [4.78, 5) is 19.1. The molecule has 0 amide bonds. The first-order chi connectivity index (χ1) is 4.22. The van der Waals surface area contributed by atoms with E-state index >= 15 is 0 Å². The Labute approximate surface area is 54.9 Å². The van der Waals surface area contributed by atoms with Gasteiger partial charge < -0.3 is 0 Å². The van der Waals surface area contributed by atoms with Crippen molar-refractivity contribution in [2.24, 2.45) is 5.92 Å². The zero-order valence-electron chi connectivity index (χ0n) is 6.01. The molecule has 1 unspecified atom stereocenters. The molecule has 0 saturated carbocycles. The molecule has 0 N–H and O–H groups in total. The van der Waals surface area contributed by atoms with Crippen molar-refractivity contribution in [3.63, 3.8) is 0 Å². The molecule has 0 radical (unpaired) electrons.